The molecule has 0 atom stereocenters. The average molecular weight is 157 g/mol. The molecule has 0 aromatic carbocycles. The molecular weight excluding hydrogens is 154 g/mol. The van der Waals surface area contributed by atoms with Gasteiger partial charge in [0.15, 0.2) is 0 Å². The van der Waals surface area contributed by atoms with E-state index in [2.05, 4.69) is 31.7 Å². The van der Waals surface area contributed by atoms with Crippen LogP contribution in [0.2, 0.25) is 0 Å². The van der Waals surface area contributed by atoms with Gasteiger partial charge < -0.3 is 10.9 Å². The van der Waals surface area contributed by atoms with Crippen molar-refractivity contribution in [3.05, 3.63) is 0 Å². The molecule has 58 valence electrons. The van der Waals surface area contributed by atoms with E-state index in [0.717, 1.165) is 0 Å². The lowest BCUT2D eigenvalue weighted by Gasteiger charge is -1.87. The normalized spacial score (nSPS) is 10.5. The lowest BCUT2D eigenvalue weighted by atomic mass is 11.0. The maximum Gasteiger partial charge on any atom is 0.437 e. The Kier molecular flexibility index (Phi) is 1.72. The molecule has 0 spiro atoms. The number of tetrazole rings is 1. The van der Waals surface area contributed by atoms with Gasteiger partial charge in [0, 0.05) is 0 Å². The number of rotatable bonds is 1. The van der Waals surface area contributed by atoms with Crippen LogP contribution in [-0.2, 0) is 0 Å². The summed E-state index contributed by atoms with van der Waals surface area (Å²) in [5, 5.41) is 23.6. The van der Waals surface area contributed by atoms with Crippen LogP contribution in [0.1, 0.15) is 0 Å². The maximum absolute atomic E-state index is 10.2. The molecule has 0 saturated heterocycles. The quantitative estimate of drug-likeness (QED) is 0.236. The fourth-order valence-corrected chi connectivity index (χ4v) is 0.420. The van der Waals surface area contributed by atoms with Gasteiger partial charge in [-0.2, -0.15) is 0 Å². The Labute approximate surface area is 59.5 Å². The minimum absolute atomic E-state index is 0.278. The van der Waals surface area contributed by atoms with Crippen LogP contribution in [0.3, 0.4) is 0 Å². The van der Waals surface area contributed by atoms with Crippen LogP contribution < -0.4 is 5.84 Å². The zero-order chi connectivity index (χ0) is 8.27. The number of hydrogen-bond donors (Lipinski definition) is 2. The molecule has 1 aromatic rings. The summed E-state index contributed by atoms with van der Waals surface area (Å²) in [5.74, 6) is 4.37. The molecule has 0 amide bonds. The number of nitrogens with two attached hydrogens (primary N) is 1. The smallest absolute Gasteiger partial charge is 0.437 e. The SMILES string of the molecule is NN=Nc1nnnn1C(=O)O. The van der Waals surface area contributed by atoms with Gasteiger partial charge in [-0.05, 0) is 10.4 Å². The van der Waals surface area contributed by atoms with Crippen molar-refractivity contribution in [1.82, 2.24) is 20.2 Å². The minimum atomic E-state index is -1.35. The average Bonchev–Trinajstić information content (AvgIpc) is 2.36. The van der Waals surface area contributed by atoms with Gasteiger partial charge in [0.2, 0.25) is 0 Å². The molecule has 0 aliphatic carbocycles. The highest BCUT2D eigenvalue weighted by Crippen LogP contribution is 2.02. The summed E-state index contributed by atoms with van der Waals surface area (Å²) in [7, 11) is 0. The Hall–Kier alpha value is -2.06. The minimum Gasteiger partial charge on any atom is -0.463 e. The molecule has 9 heteroatoms. The van der Waals surface area contributed by atoms with Crippen LogP contribution in [0.4, 0.5) is 10.7 Å². The van der Waals surface area contributed by atoms with E-state index in [4.69, 9.17) is 5.11 Å². The van der Waals surface area contributed by atoms with Crippen molar-refractivity contribution in [1.29, 1.82) is 0 Å². The lowest BCUT2D eigenvalue weighted by molar-refractivity contribution is 0.192. The van der Waals surface area contributed by atoms with Gasteiger partial charge in [-0.1, -0.05) is 15.4 Å². The summed E-state index contributed by atoms with van der Waals surface area (Å²) in [6.07, 6.45) is -1.35. The number of nitrogens with zero attached hydrogens (tertiary/aromatic N) is 6. The van der Waals surface area contributed by atoms with Gasteiger partial charge in [0.05, 0.1) is 0 Å². The molecule has 1 rings (SSSR count). The Morgan fingerprint density at radius 2 is 2.45 bits per heavy atom. The van der Waals surface area contributed by atoms with E-state index >= 15 is 0 Å². The Balaban J connectivity index is 3.05. The van der Waals surface area contributed by atoms with Gasteiger partial charge in [-0.25, -0.2) is 4.79 Å². The summed E-state index contributed by atoms with van der Waals surface area (Å²) in [6.45, 7) is 0. The van der Waals surface area contributed by atoms with Gasteiger partial charge >= 0.3 is 6.09 Å². The Morgan fingerprint density at radius 1 is 1.73 bits per heavy atom. The molecule has 9 nitrogen and oxygen atoms in total. The molecule has 1 heterocycles. The van der Waals surface area contributed by atoms with Crippen LogP contribution in [0.5, 0.6) is 0 Å². The molecule has 0 radical (unpaired) electrons. The molecule has 11 heavy (non-hydrogen) atoms. The van der Waals surface area contributed by atoms with Crippen molar-refractivity contribution in [2.24, 2.45) is 16.2 Å². The zero-order valence-corrected chi connectivity index (χ0v) is 5.12. The highest BCUT2D eigenvalue weighted by molar-refractivity contribution is 5.69. The molecule has 1 aromatic heterocycles. The first-order valence-electron chi connectivity index (χ1n) is 2.38. The molecule has 0 saturated carbocycles. The van der Waals surface area contributed by atoms with Crippen LogP contribution in [0, 0.1) is 0 Å². The van der Waals surface area contributed by atoms with E-state index in [1.54, 1.807) is 0 Å². The molecular formula is C2H3N7O2. The van der Waals surface area contributed by atoms with E-state index in [1.807, 2.05) is 0 Å². The predicted octanol–water partition coefficient (Wildman–Crippen LogP) is -0.843. The third kappa shape index (κ3) is 1.26. The molecule has 0 aliphatic rings. The monoisotopic (exact) mass is 157 g/mol. The van der Waals surface area contributed by atoms with E-state index < -0.39 is 6.09 Å². The van der Waals surface area contributed by atoms with Crippen molar-refractivity contribution in [3.8, 4) is 0 Å². The first-order valence-corrected chi connectivity index (χ1v) is 2.38. The molecule has 0 fully saturated rings. The largest absolute Gasteiger partial charge is 0.463 e. The summed E-state index contributed by atoms with van der Waals surface area (Å²) < 4.78 is 0.441. The maximum atomic E-state index is 10.2. The van der Waals surface area contributed by atoms with Gasteiger partial charge in [-0.15, -0.1) is 4.68 Å². The number of hydrogen-bond acceptors (Lipinski definition) is 6. The van der Waals surface area contributed by atoms with E-state index in [9.17, 15) is 4.79 Å². The van der Waals surface area contributed by atoms with Crippen LogP contribution >= 0.6 is 0 Å². The molecule has 0 aliphatic heterocycles. The standard InChI is InChI=1S/C2H3N7O2/c3-6-4-1-5-7-8-9(1)2(10)11/h(H,10,11)(H2,3,4,5,8). The van der Waals surface area contributed by atoms with E-state index in [1.165, 1.54) is 0 Å². The summed E-state index contributed by atoms with van der Waals surface area (Å²) in [6, 6.07) is 0. The van der Waals surface area contributed by atoms with Crippen LogP contribution in [-0.4, -0.2) is 31.4 Å². The first kappa shape index (κ1) is 7.05. The van der Waals surface area contributed by atoms with Crippen molar-refractivity contribution < 1.29 is 9.90 Å². The van der Waals surface area contributed by atoms with Crippen molar-refractivity contribution in [3.63, 3.8) is 0 Å². The van der Waals surface area contributed by atoms with E-state index in [-0.39, 0.29) is 5.95 Å². The second-order valence-electron chi connectivity index (χ2n) is 1.39. The number of carbonyl (C=O) groups is 1. The van der Waals surface area contributed by atoms with Gasteiger partial charge in [0.25, 0.3) is 5.95 Å². The highest BCUT2D eigenvalue weighted by Gasteiger charge is 2.10. The molecule has 0 unspecified atom stereocenters. The topological polar surface area (TPSA) is 132 Å². The number of carboxylic acid groups (broad SMARTS) is 1. The predicted molar refractivity (Wildman–Crippen MR) is 29.9 cm³/mol. The fraction of sp³-hybridized carbons (Fsp3) is 0. The summed E-state index contributed by atoms with van der Waals surface area (Å²) in [4.78, 5) is 10.2. The van der Waals surface area contributed by atoms with Gasteiger partial charge in [-0.3, -0.25) is 0 Å². The third-order valence-corrected chi connectivity index (χ3v) is 0.781. The van der Waals surface area contributed by atoms with Crippen molar-refractivity contribution in [2.45, 2.75) is 0 Å². The first-order chi connectivity index (χ1) is 5.25. The summed E-state index contributed by atoms with van der Waals surface area (Å²) in [5.41, 5.74) is 0. The second-order valence-corrected chi connectivity index (χ2v) is 1.39. The fourth-order valence-electron chi connectivity index (χ4n) is 0.420. The van der Waals surface area contributed by atoms with Crippen LogP contribution in [0.15, 0.2) is 10.3 Å². The Bertz CT molecular complexity index is 288. The molecule has 0 bridgehead atoms. The Morgan fingerprint density at radius 3 is 3.00 bits per heavy atom. The van der Waals surface area contributed by atoms with Crippen molar-refractivity contribution >= 4 is 12.0 Å². The summed E-state index contributed by atoms with van der Waals surface area (Å²) >= 11 is 0. The number of aromatic nitrogens is 4. The molecule has 3 N–H and O–H groups in total. The highest BCUT2D eigenvalue weighted by atomic mass is 16.4. The van der Waals surface area contributed by atoms with Crippen molar-refractivity contribution in [2.75, 3.05) is 0 Å². The zero-order valence-electron chi connectivity index (χ0n) is 5.12. The third-order valence-electron chi connectivity index (χ3n) is 0.781. The lowest BCUT2D eigenvalue weighted by Crippen LogP contribution is -2.09. The second kappa shape index (κ2) is 2.68. The van der Waals surface area contributed by atoms with E-state index in [0.29, 0.717) is 4.68 Å². The van der Waals surface area contributed by atoms with Gasteiger partial charge in [0.1, 0.15) is 0 Å². The van der Waals surface area contributed by atoms with Crippen LogP contribution in [0.25, 0.3) is 0 Å².